The molecule has 1 heterocycles. The zero-order valence-corrected chi connectivity index (χ0v) is 15.7. The lowest BCUT2D eigenvalue weighted by Crippen LogP contribution is -2.52. The molecule has 0 saturated carbocycles. The van der Waals surface area contributed by atoms with Crippen LogP contribution in [0, 0.1) is 11.3 Å². The van der Waals surface area contributed by atoms with Crippen LogP contribution in [0.2, 0.25) is 0 Å². The van der Waals surface area contributed by atoms with E-state index >= 15 is 0 Å². The largest absolute Gasteiger partial charge is 0.444 e. The van der Waals surface area contributed by atoms with Gasteiger partial charge in [0.05, 0.1) is 0 Å². The van der Waals surface area contributed by atoms with Gasteiger partial charge in [0, 0.05) is 19.1 Å². The van der Waals surface area contributed by atoms with Crippen LogP contribution in [0.25, 0.3) is 0 Å². The van der Waals surface area contributed by atoms with E-state index in [4.69, 9.17) is 4.74 Å². The number of likely N-dealkylation sites (tertiary alicyclic amines) is 1. The molecule has 1 aliphatic heterocycles. The highest BCUT2D eigenvalue weighted by Crippen LogP contribution is 2.30. The van der Waals surface area contributed by atoms with Crippen molar-refractivity contribution >= 4 is 6.09 Å². The predicted octanol–water partition coefficient (Wildman–Crippen LogP) is 4.05. The third kappa shape index (κ3) is 8.02. The van der Waals surface area contributed by atoms with E-state index in [1.807, 2.05) is 20.8 Å². The summed E-state index contributed by atoms with van der Waals surface area (Å²) in [6, 6.07) is 0.197. The van der Waals surface area contributed by atoms with Gasteiger partial charge in [0.2, 0.25) is 0 Å². The lowest BCUT2D eigenvalue weighted by atomic mass is 9.80. The number of rotatable bonds is 4. The molecular weight excluding hydrogens is 276 g/mol. The Morgan fingerprint density at radius 3 is 2.32 bits per heavy atom. The fourth-order valence-electron chi connectivity index (χ4n) is 3.39. The first-order valence-corrected chi connectivity index (χ1v) is 8.70. The molecule has 4 nitrogen and oxygen atoms in total. The molecule has 4 heteroatoms. The molecule has 1 aliphatic rings. The Bertz CT molecular complexity index is 355. The van der Waals surface area contributed by atoms with Gasteiger partial charge in [0.15, 0.2) is 0 Å². The second-order valence-corrected chi connectivity index (χ2v) is 8.97. The van der Waals surface area contributed by atoms with Gasteiger partial charge in [-0.15, -0.1) is 0 Å². The van der Waals surface area contributed by atoms with Crippen molar-refractivity contribution in [3.05, 3.63) is 0 Å². The molecule has 2 unspecified atom stereocenters. The molecule has 0 aromatic heterocycles. The number of hydrogen-bond acceptors (Lipinski definition) is 3. The first kappa shape index (κ1) is 19.3. The van der Waals surface area contributed by atoms with Crippen molar-refractivity contribution in [2.45, 2.75) is 79.4 Å². The maximum absolute atomic E-state index is 12.0. The molecule has 0 bridgehead atoms. The van der Waals surface area contributed by atoms with Gasteiger partial charge in [-0.3, -0.25) is 0 Å². The highest BCUT2D eigenvalue weighted by atomic mass is 16.6. The van der Waals surface area contributed by atoms with E-state index in [1.54, 1.807) is 0 Å². The van der Waals surface area contributed by atoms with E-state index in [0.717, 1.165) is 32.5 Å². The molecule has 0 aliphatic carbocycles. The monoisotopic (exact) mass is 312 g/mol. The zero-order chi connectivity index (χ0) is 17.0. The molecule has 1 fully saturated rings. The van der Waals surface area contributed by atoms with Crippen LogP contribution in [0.3, 0.4) is 0 Å². The van der Waals surface area contributed by atoms with Crippen molar-refractivity contribution in [3.63, 3.8) is 0 Å². The van der Waals surface area contributed by atoms with Crippen molar-refractivity contribution in [1.29, 1.82) is 0 Å². The molecule has 0 aromatic carbocycles. The number of carbonyl (C=O) groups excluding carboxylic acids is 1. The first-order chi connectivity index (χ1) is 9.98. The van der Waals surface area contributed by atoms with Gasteiger partial charge in [-0.2, -0.15) is 0 Å². The molecule has 130 valence electrons. The highest BCUT2D eigenvalue weighted by molar-refractivity contribution is 5.68. The molecule has 1 saturated heterocycles. The Hall–Kier alpha value is -0.770. The number of nitrogens with one attached hydrogen (secondary N) is 1. The van der Waals surface area contributed by atoms with Crippen molar-refractivity contribution in [1.82, 2.24) is 10.2 Å². The van der Waals surface area contributed by atoms with Gasteiger partial charge in [-0.25, -0.2) is 4.79 Å². The van der Waals surface area contributed by atoms with Gasteiger partial charge in [-0.05, 0) is 57.9 Å². The average molecular weight is 312 g/mol. The van der Waals surface area contributed by atoms with Crippen molar-refractivity contribution < 1.29 is 9.53 Å². The summed E-state index contributed by atoms with van der Waals surface area (Å²) in [5.74, 6) is 0.639. The highest BCUT2D eigenvalue weighted by Gasteiger charge is 2.31. The van der Waals surface area contributed by atoms with Crippen molar-refractivity contribution in [2.75, 3.05) is 19.6 Å². The second-order valence-electron chi connectivity index (χ2n) is 8.97. The molecule has 0 spiro atoms. The second kappa shape index (κ2) is 7.67. The smallest absolute Gasteiger partial charge is 0.407 e. The molecule has 0 radical (unpaired) electrons. The SMILES string of the molecule is CCCN1CC(CC(C)(C)C)CC(NC(=O)OC(C)(C)C)C1. The van der Waals surface area contributed by atoms with E-state index in [1.165, 1.54) is 6.42 Å². The van der Waals surface area contributed by atoms with Gasteiger partial charge in [0.1, 0.15) is 5.60 Å². The molecule has 1 rings (SSSR count). The number of hydrogen-bond donors (Lipinski definition) is 1. The minimum absolute atomic E-state index is 0.197. The standard InChI is InChI=1S/C18H36N2O2/c1-8-9-20-12-14(11-17(2,3)4)10-15(13-20)19-16(21)22-18(5,6)7/h14-15H,8-13H2,1-7H3,(H,19,21). The van der Waals surface area contributed by atoms with E-state index in [2.05, 4.69) is 37.9 Å². The summed E-state index contributed by atoms with van der Waals surface area (Å²) in [5.41, 5.74) is -0.108. The Morgan fingerprint density at radius 1 is 1.18 bits per heavy atom. The van der Waals surface area contributed by atoms with Crippen LogP contribution in [-0.4, -0.2) is 42.3 Å². The van der Waals surface area contributed by atoms with Crippen LogP contribution in [0.15, 0.2) is 0 Å². The number of piperidine rings is 1. The van der Waals surface area contributed by atoms with Crippen LogP contribution in [0.5, 0.6) is 0 Å². The van der Waals surface area contributed by atoms with Gasteiger partial charge in [-0.1, -0.05) is 27.7 Å². The molecule has 2 atom stereocenters. The summed E-state index contributed by atoms with van der Waals surface area (Å²) >= 11 is 0. The van der Waals surface area contributed by atoms with Gasteiger partial charge >= 0.3 is 6.09 Å². The van der Waals surface area contributed by atoms with Crippen LogP contribution in [0.1, 0.15) is 67.7 Å². The summed E-state index contributed by atoms with van der Waals surface area (Å²) in [4.78, 5) is 14.5. The van der Waals surface area contributed by atoms with Crippen LogP contribution >= 0.6 is 0 Å². The fraction of sp³-hybridized carbons (Fsp3) is 0.944. The van der Waals surface area contributed by atoms with E-state index < -0.39 is 5.60 Å². The Morgan fingerprint density at radius 2 is 1.82 bits per heavy atom. The number of nitrogens with zero attached hydrogens (tertiary/aromatic N) is 1. The topological polar surface area (TPSA) is 41.6 Å². The summed E-state index contributed by atoms with van der Waals surface area (Å²) in [7, 11) is 0. The minimum Gasteiger partial charge on any atom is -0.444 e. The summed E-state index contributed by atoms with van der Waals surface area (Å²) in [5, 5.41) is 3.08. The molecule has 22 heavy (non-hydrogen) atoms. The number of amides is 1. The van der Waals surface area contributed by atoms with Crippen molar-refractivity contribution in [3.8, 4) is 0 Å². The number of alkyl carbamates (subject to hydrolysis) is 1. The fourth-order valence-corrected chi connectivity index (χ4v) is 3.39. The predicted molar refractivity (Wildman–Crippen MR) is 92.1 cm³/mol. The molecule has 1 amide bonds. The lowest BCUT2D eigenvalue weighted by Gasteiger charge is -2.40. The molecular formula is C18H36N2O2. The summed E-state index contributed by atoms with van der Waals surface area (Å²) < 4.78 is 5.40. The molecule has 0 aromatic rings. The first-order valence-electron chi connectivity index (χ1n) is 8.70. The average Bonchev–Trinajstić information content (AvgIpc) is 2.22. The van der Waals surface area contributed by atoms with E-state index in [9.17, 15) is 4.79 Å². The molecule has 1 N–H and O–H groups in total. The normalized spacial score (nSPS) is 24.1. The number of carbonyl (C=O) groups is 1. The third-order valence-electron chi connectivity index (χ3n) is 3.77. The summed E-state index contributed by atoms with van der Waals surface area (Å²) in [6.45, 7) is 18.0. The van der Waals surface area contributed by atoms with Crippen LogP contribution in [0.4, 0.5) is 4.79 Å². The Labute approximate surface area is 137 Å². The Balaban J connectivity index is 2.62. The van der Waals surface area contributed by atoms with Gasteiger partial charge in [0.25, 0.3) is 0 Å². The maximum atomic E-state index is 12.0. The van der Waals surface area contributed by atoms with E-state index in [-0.39, 0.29) is 12.1 Å². The quantitative estimate of drug-likeness (QED) is 0.851. The lowest BCUT2D eigenvalue weighted by molar-refractivity contribution is 0.0433. The van der Waals surface area contributed by atoms with Crippen molar-refractivity contribution in [2.24, 2.45) is 11.3 Å². The third-order valence-corrected chi connectivity index (χ3v) is 3.77. The van der Waals surface area contributed by atoms with Crippen LogP contribution < -0.4 is 5.32 Å². The van der Waals surface area contributed by atoms with E-state index in [0.29, 0.717) is 11.3 Å². The van der Waals surface area contributed by atoms with Crippen LogP contribution in [-0.2, 0) is 4.74 Å². The Kier molecular flexibility index (Phi) is 6.72. The minimum atomic E-state index is -0.438. The zero-order valence-electron chi connectivity index (χ0n) is 15.7. The maximum Gasteiger partial charge on any atom is 0.407 e. The van der Waals surface area contributed by atoms with Gasteiger partial charge < -0.3 is 15.0 Å². The summed E-state index contributed by atoms with van der Waals surface area (Å²) in [6.07, 6.45) is 3.11. The number of ether oxygens (including phenoxy) is 1.